The minimum atomic E-state index is 0.251. The van der Waals surface area contributed by atoms with E-state index in [0.717, 1.165) is 35.7 Å². The predicted molar refractivity (Wildman–Crippen MR) is 80.5 cm³/mol. The first-order valence-corrected chi connectivity index (χ1v) is 7.86. The average Bonchev–Trinajstić information content (AvgIpc) is 2.41. The molecule has 0 aliphatic carbocycles. The molecule has 1 aliphatic rings. The normalized spacial score (nSPS) is 19.9. The van der Waals surface area contributed by atoms with Crippen LogP contribution in [0.15, 0.2) is 29.2 Å². The zero-order chi connectivity index (χ0) is 13.0. The van der Waals surface area contributed by atoms with Crippen molar-refractivity contribution in [1.29, 1.82) is 0 Å². The first kappa shape index (κ1) is 13.8. The molecule has 0 saturated carbocycles. The lowest BCUT2D eigenvalue weighted by Gasteiger charge is -2.32. The Kier molecular flexibility index (Phi) is 5.01. The molecule has 0 radical (unpaired) electrons. The highest BCUT2D eigenvalue weighted by atomic mass is 32.2. The van der Waals surface area contributed by atoms with Gasteiger partial charge in [0.2, 0.25) is 5.91 Å². The van der Waals surface area contributed by atoms with Crippen molar-refractivity contribution in [2.75, 3.05) is 18.8 Å². The molecule has 0 N–H and O–H groups in total. The second-order valence-electron chi connectivity index (χ2n) is 4.58. The van der Waals surface area contributed by atoms with Crippen molar-refractivity contribution in [3.63, 3.8) is 0 Å². The van der Waals surface area contributed by atoms with Crippen molar-refractivity contribution in [2.24, 2.45) is 0 Å². The molecular weight excluding hydrogens is 262 g/mol. The largest absolute Gasteiger partial charge is 0.340 e. The molecule has 2 rings (SSSR count). The Hall–Kier alpha value is -0.610. The van der Waals surface area contributed by atoms with E-state index in [1.807, 2.05) is 40.9 Å². The van der Waals surface area contributed by atoms with Gasteiger partial charge in [0.1, 0.15) is 0 Å². The lowest BCUT2D eigenvalue weighted by molar-refractivity contribution is -0.130. The van der Waals surface area contributed by atoms with E-state index in [4.69, 9.17) is 0 Å². The van der Waals surface area contributed by atoms with E-state index in [1.54, 1.807) is 0 Å². The minimum absolute atomic E-state index is 0.251. The van der Waals surface area contributed by atoms with Crippen LogP contribution in [0, 0.1) is 0 Å². The Labute approximate surface area is 119 Å². The third kappa shape index (κ3) is 3.69. The maximum Gasteiger partial charge on any atom is 0.227 e. The number of carbonyl (C=O) groups is 1. The topological polar surface area (TPSA) is 20.3 Å². The maximum absolute atomic E-state index is 12.2. The van der Waals surface area contributed by atoms with Crippen LogP contribution in [0.3, 0.4) is 0 Å². The smallest absolute Gasteiger partial charge is 0.227 e. The summed E-state index contributed by atoms with van der Waals surface area (Å²) < 4.78 is 0. The standard InChI is InChI=1S/C14H19NOS2/c1-2-13-10-15(7-8-18-13)14(16)9-11-3-5-12(17)6-4-11/h3-6,13,17H,2,7-10H2,1H3. The number of carbonyl (C=O) groups excluding carboxylic acids is 1. The number of thiol groups is 1. The SMILES string of the molecule is CCC1CN(C(=O)Cc2ccc(S)cc2)CCS1. The van der Waals surface area contributed by atoms with E-state index in [-0.39, 0.29) is 5.91 Å². The van der Waals surface area contributed by atoms with Gasteiger partial charge in [0.15, 0.2) is 0 Å². The van der Waals surface area contributed by atoms with Crippen molar-refractivity contribution in [3.05, 3.63) is 29.8 Å². The van der Waals surface area contributed by atoms with Gasteiger partial charge in [-0.15, -0.1) is 12.6 Å². The van der Waals surface area contributed by atoms with Crippen LogP contribution in [0.1, 0.15) is 18.9 Å². The van der Waals surface area contributed by atoms with E-state index < -0.39 is 0 Å². The zero-order valence-corrected chi connectivity index (χ0v) is 12.3. The summed E-state index contributed by atoms with van der Waals surface area (Å²) in [6, 6.07) is 7.84. The number of nitrogens with zero attached hydrogens (tertiary/aromatic N) is 1. The van der Waals surface area contributed by atoms with Gasteiger partial charge >= 0.3 is 0 Å². The molecule has 1 aromatic rings. The fourth-order valence-corrected chi connectivity index (χ4v) is 3.42. The molecule has 1 saturated heterocycles. The van der Waals surface area contributed by atoms with Crippen molar-refractivity contribution < 1.29 is 4.79 Å². The number of benzene rings is 1. The number of rotatable bonds is 3. The van der Waals surface area contributed by atoms with Crippen molar-refractivity contribution >= 4 is 30.3 Å². The highest BCUT2D eigenvalue weighted by Crippen LogP contribution is 2.21. The van der Waals surface area contributed by atoms with Crippen LogP contribution in [-0.4, -0.2) is 34.9 Å². The van der Waals surface area contributed by atoms with Gasteiger partial charge < -0.3 is 4.90 Å². The van der Waals surface area contributed by atoms with E-state index in [0.29, 0.717) is 11.7 Å². The van der Waals surface area contributed by atoms with Crippen LogP contribution >= 0.6 is 24.4 Å². The predicted octanol–water partition coefficient (Wildman–Crippen LogP) is 2.87. The fraction of sp³-hybridized carbons (Fsp3) is 0.500. The molecule has 1 heterocycles. The third-order valence-electron chi connectivity index (χ3n) is 3.24. The van der Waals surface area contributed by atoms with Gasteiger partial charge in [-0.2, -0.15) is 11.8 Å². The molecule has 1 aliphatic heterocycles. The van der Waals surface area contributed by atoms with Gasteiger partial charge in [-0.1, -0.05) is 19.1 Å². The number of hydrogen-bond acceptors (Lipinski definition) is 3. The monoisotopic (exact) mass is 281 g/mol. The second-order valence-corrected chi connectivity index (χ2v) is 6.51. The Morgan fingerprint density at radius 1 is 1.44 bits per heavy atom. The van der Waals surface area contributed by atoms with E-state index in [1.165, 1.54) is 0 Å². The minimum Gasteiger partial charge on any atom is -0.340 e. The van der Waals surface area contributed by atoms with Gasteiger partial charge in [0, 0.05) is 29.0 Å². The molecule has 1 amide bonds. The number of hydrogen-bond donors (Lipinski definition) is 1. The van der Waals surface area contributed by atoms with Crippen LogP contribution in [0.4, 0.5) is 0 Å². The van der Waals surface area contributed by atoms with Crippen molar-refractivity contribution in [2.45, 2.75) is 29.9 Å². The van der Waals surface area contributed by atoms with E-state index in [9.17, 15) is 4.79 Å². The highest BCUT2D eigenvalue weighted by Gasteiger charge is 2.22. The molecule has 1 atom stereocenters. The van der Waals surface area contributed by atoms with Crippen LogP contribution in [0.5, 0.6) is 0 Å². The summed E-state index contributed by atoms with van der Waals surface area (Å²) in [5.41, 5.74) is 1.07. The van der Waals surface area contributed by atoms with Crippen LogP contribution in [0.25, 0.3) is 0 Å². The van der Waals surface area contributed by atoms with Gasteiger partial charge in [0.25, 0.3) is 0 Å². The quantitative estimate of drug-likeness (QED) is 0.860. The van der Waals surface area contributed by atoms with Gasteiger partial charge in [-0.05, 0) is 24.1 Å². The second kappa shape index (κ2) is 6.53. The maximum atomic E-state index is 12.2. The molecule has 0 aromatic heterocycles. The Morgan fingerprint density at radius 3 is 2.83 bits per heavy atom. The molecule has 1 fully saturated rings. The molecule has 2 nitrogen and oxygen atoms in total. The molecule has 98 valence electrons. The first-order chi connectivity index (χ1) is 8.69. The summed E-state index contributed by atoms with van der Waals surface area (Å²) >= 11 is 6.24. The third-order valence-corrected chi connectivity index (χ3v) is 4.91. The first-order valence-electron chi connectivity index (χ1n) is 6.36. The van der Waals surface area contributed by atoms with Crippen molar-refractivity contribution in [3.8, 4) is 0 Å². The summed E-state index contributed by atoms with van der Waals surface area (Å²) in [7, 11) is 0. The molecule has 4 heteroatoms. The van der Waals surface area contributed by atoms with Crippen LogP contribution < -0.4 is 0 Å². The molecule has 1 unspecified atom stereocenters. The summed E-state index contributed by atoms with van der Waals surface area (Å²) in [4.78, 5) is 15.2. The van der Waals surface area contributed by atoms with Gasteiger partial charge in [0.05, 0.1) is 6.42 Å². The van der Waals surface area contributed by atoms with Crippen LogP contribution in [-0.2, 0) is 11.2 Å². The summed E-state index contributed by atoms with van der Waals surface area (Å²) in [5, 5.41) is 0.613. The summed E-state index contributed by atoms with van der Waals surface area (Å²) in [6.07, 6.45) is 1.65. The lowest BCUT2D eigenvalue weighted by atomic mass is 10.1. The molecule has 0 bridgehead atoms. The molecule has 18 heavy (non-hydrogen) atoms. The Bertz CT molecular complexity index is 405. The molecule has 0 spiro atoms. The Morgan fingerprint density at radius 2 is 2.17 bits per heavy atom. The average molecular weight is 281 g/mol. The van der Waals surface area contributed by atoms with Crippen molar-refractivity contribution in [1.82, 2.24) is 4.90 Å². The van der Waals surface area contributed by atoms with E-state index in [2.05, 4.69) is 19.6 Å². The molecule has 1 aromatic carbocycles. The summed E-state index contributed by atoms with van der Waals surface area (Å²) in [6.45, 7) is 3.99. The fourth-order valence-electron chi connectivity index (χ4n) is 2.09. The lowest BCUT2D eigenvalue weighted by Crippen LogP contribution is -2.42. The highest BCUT2D eigenvalue weighted by molar-refractivity contribution is 8.00. The van der Waals surface area contributed by atoms with Gasteiger partial charge in [-0.25, -0.2) is 0 Å². The number of amides is 1. The number of thioether (sulfide) groups is 1. The summed E-state index contributed by atoms with van der Waals surface area (Å²) in [5.74, 6) is 1.32. The van der Waals surface area contributed by atoms with Crippen LogP contribution in [0.2, 0.25) is 0 Å². The van der Waals surface area contributed by atoms with E-state index >= 15 is 0 Å². The molecular formula is C14H19NOS2. The van der Waals surface area contributed by atoms with Gasteiger partial charge in [-0.3, -0.25) is 4.79 Å². The zero-order valence-electron chi connectivity index (χ0n) is 10.6. The Balaban J connectivity index is 1.93.